The van der Waals surface area contributed by atoms with Crippen LogP contribution in [0.3, 0.4) is 0 Å². The molecule has 0 fully saturated rings. The van der Waals surface area contributed by atoms with Gasteiger partial charge in [0.05, 0.1) is 17.8 Å². The Morgan fingerprint density at radius 2 is 1.63 bits per heavy atom. The van der Waals surface area contributed by atoms with E-state index in [4.69, 9.17) is 9.57 Å². The Kier molecular flexibility index (Phi) is 5.35. The minimum absolute atomic E-state index is 0.184. The Hall–Kier alpha value is -3.11. The number of hydroxylamine groups is 1. The molecule has 0 spiro atoms. The molecule has 0 bridgehead atoms. The van der Waals surface area contributed by atoms with Gasteiger partial charge >= 0.3 is 5.97 Å². The van der Waals surface area contributed by atoms with Crippen molar-refractivity contribution >= 4 is 28.1 Å². The predicted molar refractivity (Wildman–Crippen MR) is 121 cm³/mol. The molecule has 1 aliphatic heterocycles. The van der Waals surface area contributed by atoms with Crippen molar-refractivity contribution in [3.8, 4) is 0 Å². The molecule has 0 saturated heterocycles. The molecule has 0 radical (unpaired) electrons. The van der Waals surface area contributed by atoms with E-state index in [1.54, 1.807) is 0 Å². The van der Waals surface area contributed by atoms with Crippen molar-refractivity contribution in [3.63, 3.8) is 0 Å². The quantitative estimate of drug-likeness (QED) is 0.494. The van der Waals surface area contributed by atoms with Crippen LogP contribution in [-0.4, -0.2) is 17.7 Å². The minimum Gasteiger partial charge on any atom is -0.460 e. The highest BCUT2D eigenvalue weighted by Crippen LogP contribution is 2.39. The van der Waals surface area contributed by atoms with Crippen molar-refractivity contribution in [2.45, 2.75) is 45.8 Å². The van der Waals surface area contributed by atoms with Gasteiger partial charge in [0.15, 0.2) is 0 Å². The average molecular weight is 402 g/mol. The van der Waals surface area contributed by atoms with Crippen LogP contribution in [0.1, 0.15) is 39.7 Å². The third kappa shape index (κ3) is 4.24. The Labute approximate surface area is 177 Å². The zero-order chi connectivity index (χ0) is 21.3. The van der Waals surface area contributed by atoms with E-state index in [0.717, 1.165) is 27.9 Å². The number of ether oxygens (including phenoxy) is 1. The first kappa shape index (κ1) is 20.2. The van der Waals surface area contributed by atoms with Crippen molar-refractivity contribution in [2.24, 2.45) is 0 Å². The van der Waals surface area contributed by atoms with E-state index in [1.165, 1.54) is 5.39 Å². The maximum atomic E-state index is 12.7. The number of nitrogens with zero attached hydrogens (tertiary/aromatic N) is 1. The van der Waals surface area contributed by atoms with Gasteiger partial charge in [0.1, 0.15) is 11.7 Å². The number of benzene rings is 3. The summed E-state index contributed by atoms with van der Waals surface area (Å²) in [4.78, 5) is 18.9. The summed E-state index contributed by atoms with van der Waals surface area (Å²) in [5, 5.41) is 4.16. The van der Waals surface area contributed by atoms with Crippen LogP contribution in [0, 0.1) is 0 Å². The maximum Gasteiger partial charge on any atom is 0.310 e. The Balaban J connectivity index is 1.81. The number of carbonyl (C=O) groups excluding carboxylic acids is 1. The van der Waals surface area contributed by atoms with Gasteiger partial charge in [-0.1, -0.05) is 54.6 Å². The molecule has 3 aromatic carbocycles. The van der Waals surface area contributed by atoms with Crippen molar-refractivity contribution in [2.75, 3.05) is 5.06 Å². The summed E-state index contributed by atoms with van der Waals surface area (Å²) < 4.78 is 5.60. The van der Waals surface area contributed by atoms with Gasteiger partial charge in [-0.3, -0.25) is 9.63 Å². The van der Waals surface area contributed by atoms with E-state index >= 15 is 0 Å². The smallest absolute Gasteiger partial charge is 0.310 e. The Bertz CT molecular complexity index is 1100. The van der Waals surface area contributed by atoms with Gasteiger partial charge in [-0.25, -0.2) is 5.06 Å². The summed E-state index contributed by atoms with van der Waals surface area (Å²) in [6.45, 7) is 7.63. The molecule has 1 atom stereocenters. The molecule has 4 heteroatoms. The number of para-hydroxylation sites is 1. The number of esters is 1. The molecule has 4 rings (SSSR count). The van der Waals surface area contributed by atoms with E-state index in [9.17, 15) is 4.79 Å². The van der Waals surface area contributed by atoms with Gasteiger partial charge in [0.2, 0.25) is 0 Å². The topological polar surface area (TPSA) is 38.8 Å². The largest absolute Gasteiger partial charge is 0.460 e. The Morgan fingerprint density at radius 1 is 0.967 bits per heavy atom. The molecule has 154 valence electrons. The summed E-state index contributed by atoms with van der Waals surface area (Å²) in [5.74, 6) is -0.249. The lowest BCUT2D eigenvalue weighted by molar-refractivity contribution is -0.154. The lowest BCUT2D eigenvalue weighted by Crippen LogP contribution is -2.24. The molecule has 1 heterocycles. The zero-order valence-corrected chi connectivity index (χ0v) is 17.9. The van der Waals surface area contributed by atoms with Crippen LogP contribution in [0.25, 0.3) is 16.5 Å². The van der Waals surface area contributed by atoms with E-state index in [1.807, 2.05) is 75.2 Å². The third-order valence-corrected chi connectivity index (χ3v) is 5.03. The second kappa shape index (κ2) is 7.96. The number of fused-ring (bicyclic) bond motifs is 1. The molecule has 1 aliphatic rings. The summed E-state index contributed by atoms with van der Waals surface area (Å²) in [7, 11) is 0. The fraction of sp³-hybridized carbons (Fsp3) is 0.269. The molecule has 0 saturated carbocycles. The number of anilines is 1. The van der Waals surface area contributed by atoms with Crippen LogP contribution in [0.4, 0.5) is 5.69 Å². The van der Waals surface area contributed by atoms with Crippen molar-refractivity contribution in [3.05, 3.63) is 83.9 Å². The van der Waals surface area contributed by atoms with Crippen LogP contribution in [0.2, 0.25) is 0 Å². The highest BCUT2D eigenvalue weighted by molar-refractivity contribution is 5.91. The van der Waals surface area contributed by atoms with E-state index in [2.05, 4.69) is 30.3 Å². The molecule has 0 amide bonds. The second-order valence-electron chi connectivity index (χ2n) is 8.58. The van der Waals surface area contributed by atoms with Gasteiger partial charge in [0, 0.05) is 5.56 Å². The van der Waals surface area contributed by atoms with Crippen LogP contribution in [0.5, 0.6) is 0 Å². The molecular weight excluding hydrogens is 374 g/mol. The maximum absolute atomic E-state index is 12.7. The second-order valence-corrected chi connectivity index (χ2v) is 8.58. The first-order valence-electron chi connectivity index (χ1n) is 10.3. The SMILES string of the molecule is C[C@H]1ON(c2ccccc2)C(c2ccc3ccccc3c2)=C1CC(=O)OC(C)(C)C. The summed E-state index contributed by atoms with van der Waals surface area (Å²) in [5.41, 5.74) is 3.24. The van der Waals surface area contributed by atoms with E-state index in [0.29, 0.717) is 0 Å². The minimum atomic E-state index is -0.525. The number of carbonyl (C=O) groups is 1. The highest BCUT2D eigenvalue weighted by atomic mass is 16.7. The molecule has 0 aliphatic carbocycles. The highest BCUT2D eigenvalue weighted by Gasteiger charge is 2.34. The van der Waals surface area contributed by atoms with Gasteiger partial charge in [0.25, 0.3) is 0 Å². The monoisotopic (exact) mass is 401 g/mol. The fourth-order valence-electron chi connectivity index (χ4n) is 3.75. The number of hydrogen-bond donors (Lipinski definition) is 0. The van der Waals surface area contributed by atoms with Crippen LogP contribution < -0.4 is 5.06 Å². The molecular formula is C26H27NO3. The standard InChI is InChI=1S/C26H27NO3/c1-18-23(17-24(28)29-26(2,3)4)25(27(30-18)22-12-6-5-7-13-22)21-15-14-19-10-8-9-11-20(19)16-21/h5-16,18H,17H2,1-4H3/t18-/m1/s1. The third-order valence-electron chi connectivity index (χ3n) is 5.03. The Morgan fingerprint density at radius 3 is 2.33 bits per heavy atom. The lowest BCUT2D eigenvalue weighted by Gasteiger charge is -2.22. The average Bonchev–Trinajstić information content (AvgIpc) is 3.03. The molecule has 0 N–H and O–H groups in total. The zero-order valence-electron chi connectivity index (χ0n) is 17.9. The fourth-order valence-corrected chi connectivity index (χ4v) is 3.75. The van der Waals surface area contributed by atoms with Gasteiger partial charge < -0.3 is 4.74 Å². The number of hydrogen-bond acceptors (Lipinski definition) is 4. The van der Waals surface area contributed by atoms with Crippen molar-refractivity contribution < 1.29 is 14.4 Å². The van der Waals surface area contributed by atoms with Gasteiger partial charge in [-0.15, -0.1) is 0 Å². The normalized spacial score (nSPS) is 16.9. The van der Waals surface area contributed by atoms with Crippen molar-refractivity contribution in [1.29, 1.82) is 0 Å². The molecule has 0 aromatic heterocycles. The lowest BCUT2D eigenvalue weighted by atomic mass is 9.98. The van der Waals surface area contributed by atoms with E-state index < -0.39 is 5.60 Å². The van der Waals surface area contributed by atoms with Crippen LogP contribution in [0.15, 0.2) is 78.4 Å². The summed E-state index contributed by atoms with van der Waals surface area (Å²) >= 11 is 0. The molecule has 0 unspecified atom stereocenters. The van der Waals surface area contributed by atoms with E-state index in [-0.39, 0.29) is 18.5 Å². The predicted octanol–water partition coefficient (Wildman–Crippen LogP) is 6.12. The first-order chi connectivity index (χ1) is 14.3. The van der Waals surface area contributed by atoms with Gasteiger partial charge in [-0.05, 0) is 62.2 Å². The number of rotatable bonds is 4. The first-order valence-corrected chi connectivity index (χ1v) is 10.3. The molecule has 30 heavy (non-hydrogen) atoms. The van der Waals surface area contributed by atoms with Crippen LogP contribution in [-0.2, 0) is 14.4 Å². The molecule has 4 nitrogen and oxygen atoms in total. The summed E-state index contributed by atoms with van der Waals surface area (Å²) in [6, 6.07) is 24.5. The van der Waals surface area contributed by atoms with Crippen molar-refractivity contribution in [1.82, 2.24) is 0 Å². The summed E-state index contributed by atoms with van der Waals surface area (Å²) in [6.07, 6.45) is -0.0524. The molecule has 3 aromatic rings. The van der Waals surface area contributed by atoms with Crippen LogP contribution >= 0.6 is 0 Å². The van der Waals surface area contributed by atoms with Gasteiger partial charge in [-0.2, -0.15) is 0 Å².